The number of hydrogen-bond acceptors (Lipinski definition) is 5. The maximum absolute atomic E-state index is 14.8. The Bertz CT molecular complexity index is 665. The fourth-order valence-corrected chi connectivity index (χ4v) is 8.23. The lowest BCUT2D eigenvalue weighted by Gasteiger charge is -2.48. The normalized spacial score (nSPS) is 48.2. The molecule has 0 spiro atoms. The highest BCUT2D eigenvalue weighted by Crippen LogP contribution is 2.51. The predicted molar refractivity (Wildman–Crippen MR) is 123 cm³/mol. The number of nitrogens with zero attached hydrogens (tertiary/aromatic N) is 2. The summed E-state index contributed by atoms with van der Waals surface area (Å²) >= 11 is 0. The largest absolute Gasteiger partial charge is 0.376 e. The van der Waals surface area contributed by atoms with Gasteiger partial charge in [-0.05, 0) is 93.3 Å². The molecular formula is C26H43FN4O. The van der Waals surface area contributed by atoms with E-state index in [2.05, 4.69) is 28.9 Å². The topological polar surface area (TPSA) is 60.3 Å². The molecule has 5 fully saturated rings. The summed E-state index contributed by atoms with van der Waals surface area (Å²) in [5.41, 5.74) is 3.66. The van der Waals surface area contributed by atoms with Crippen molar-refractivity contribution in [2.75, 3.05) is 33.3 Å². The summed E-state index contributed by atoms with van der Waals surface area (Å²) in [5, 5.41) is 15.1. The van der Waals surface area contributed by atoms with E-state index in [0.29, 0.717) is 36.3 Å². The molecule has 3 aliphatic carbocycles. The molecule has 10 unspecified atom stereocenters. The molecule has 180 valence electrons. The molecular weight excluding hydrogens is 403 g/mol. The lowest BCUT2D eigenvalue weighted by molar-refractivity contribution is -0.0181. The van der Waals surface area contributed by atoms with Crippen LogP contribution in [0.3, 0.4) is 0 Å². The van der Waals surface area contributed by atoms with Crippen molar-refractivity contribution in [2.45, 2.75) is 82.5 Å². The Morgan fingerprint density at radius 1 is 1.00 bits per heavy atom. The van der Waals surface area contributed by atoms with Gasteiger partial charge >= 0.3 is 0 Å². The third kappa shape index (κ3) is 5.02. The molecule has 0 amide bonds. The lowest BCUT2D eigenvalue weighted by Crippen LogP contribution is -2.44. The summed E-state index contributed by atoms with van der Waals surface area (Å²) in [5.74, 6) is 3.77. The van der Waals surface area contributed by atoms with Gasteiger partial charge in [-0.1, -0.05) is 6.42 Å². The summed E-state index contributed by atoms with van der Waals surface area (Å²) in [6.45, 7) is 3.96. The van der Waals surface area contributed by atoms with Gasteiger partial charge in [-0.2, -0.15) is 5.26 Å². The second-order valence-corrected chi connectivity index (χ2v) is 11.7. The third-order valence-corrected chi connectivity index (χ3v) is 9.77. The quantitative estimate of drug-likeness (QED) is 0.686. The standard InChI is InChI=1S/C26H43FN4O/c1-31-16-21-12-18(5-7-26(21)30-31)23-6-2-17(10-22-15-29-8-9-32-22)11-24(23)19-3-4-20(14-28)25(27)13-19/h17-26,29-30H,2-13,15-16H2,1H3. The number of ether oxygens (including phenoxy) is 1. The molecule has 2 saturated heterocycles. The van der Waals surface area contributed by atoms with E-state index in [9.17, 15) is 9.65 Å². The first-order chi connectivity index (χ1) is 15.6. The van der Waals surface area contributed by atoms with Crippen molar-refractivity contribution in [3.63, 3.8) is 0 Å². The van der Waals surface area contributed by atoms with Gasteiger partial charge in [0.2, 0.25) is 0 Å². The summed E-state index contributed by atoms with van der Waals surface area (Å²) in [6.07, 6.45) is 10.9. The van der Waals surface area contributed by atoms with Crippen molar-refractivity contribution in [1.82, 2.24) is 15.8 Å². The van der Waals surface area contributed by atoms with E-state index in [0.717, 1.165) is 56.7 Å². The van der Waals surface area contributed by atoms with Crippen LogP contribution in [-0.2, 0) is 4.74 Å². The molecule has 5 aliphatic rings. The van der Waals surface area contributed by atoms with Crippen LogP contribution < -0.4 is 10.7 Å². The monoisotopic (exact) mass is 446 g/mol. The Labute approximate surface area is 193 Å². The van der Waals surface area contributed by atoms with Crippen molar-refractivity contribution in [3.05, 3.63) is 0 Å². The molecule has 2 N–H and O–H groups in total. The maximum atomic E-state index is 14.8. The van der Waals surface area contributed by atoms with Gasteiger partial charge < -0.3 is 10.1 Å². The zero-order valence-electron chi connectivity index (χ0n) is 19.9. The van der Waals surface area contributed by atoms with Crippen molar-refractivity contribution in [2.24, 2.45) is 41.4 Å². The van der Waals surface area contributed by atoms with E-state index in [1.807, 2.05) is 0 Å². The zero-order chi connectivity index (χ0) is 22.1. The van der Waals surface area contributed by atoms with Crippen LogP contribution in [0.5, 0.6) is 0 Å². The first kappa shape index (κ1) is 23.0. The molecule has 0 radical (unpaired) electrons. The molecule has 0 aromatic heterocycles. The number of hydrazine groups is 1. The average Bonchev–Trinajstić information content (AvgIpc) is 3.19. The minimum atomic E-state index is -0.922. The van der Waals surface area contributed by atoms with Crippen LogP contribution in [0, 0.1) is 52.8 Å². The number of alkyl halides is 1. The Hall–Kier alpha value is -0.740. The second kappa shape index (κ2) is 10.3. The van der Waals surface area contributed by atoms with Crippen molar-refractivity contribution in [3.8, 4) is 6.07 Å². The molecule has 0 bridgehead atoms. The molecule has 32 heavy (non-hydrogen) atoms. The molecule has 3 saturated carbocycles. The smallest absolute Gasteiger partial charge is 0.116 e. The number of rotatable bonds is 4. The summed E-state index contributed by atoms with van der Waals surface area (Å²) in [7, 11) is 2.18. The highest BCUT2D eigenvalue weighted by atomic mass is 19.1. The van der Waals surface area contributed by atoms with Crippen molar-refractivity contribution >= 4 is 0 Å². The van der Waals surface area contributed by atoms with E-state index in [-0.39, 0.29) is 5.92 Å². The van der Waals surface area contributed by atoms with Crippen LogP contribution in [0.1, 0.15) is 64.2 Å². The Kier molecular flexibility index (Phi) is 7.38. The maximum Gasteiger partial charge on any atom is 0.116 e. The number of morpholine rings is 1. The average molecular weight is 447 g/mol. The SMILES string of the molecule is CN1CC2CC(C3CCC(CC4CNCCO4)CC3C3CCC(C#N)C(F)C3)CCC2N1. The first-order valence-electron chi connectivity index (χ1n) is 13.4. The molecule has 5 nitrogen and oxygen atoms in total. The molecule has 6 heteroatoms. The third-order valence-electron chi connectivity index (χ3n) is 9.77. The van der Waals surface area contributed by atoms with Gasteiger partial charge in [-0.15, -0.1) is 0 Å². The minimum absolute atomic E-state index is 0.352. The van der Waals surface area contributed by atoms with Crippen LogP contribution >= 0.6 is 0 Å². The molecule has 0 aromatic carbocycles. The predicted octanol–water partition coefficient (Wildman–Crippen LogP) is 3.91. The second-order valence-electron chi connectivity index (χ2n) is 11.7. The fraction of sp³-hybridized carbons (Fsp3) is 0.962. The van der Waals surface area contributed by atoms with E-state index in [1.165, 1.54) is 45.1 Å². The summed E-state index contributed by atoms with van der Waals surface area (Å²) < 4.78 is 20.9. The Balaban J connectivity index is 1.27. The van der Waals surface area contributed by atoms with Gasteiger partial charge in [0.1, 0.15) is 6.17 Å². The molecule has 10 atom stereocenters. The van der Waals surface area contributed by atoms with Crippen molar-refractivity contribution < 1.29 is 9.13 Å². The summed E-state index contributed by atoms with van der Waals surface area (Å²) in [6, 6.07) is 2.90. The highest BCUT2D eigenvalue weighted by Gasteiger charge is 2.46. The summed E-state index contributed by atoms with van der Waals surface area (Å²) in [4.78, 5) is 0. The molecule has 0 aromatic rings. The van der Waals surface area contributed by atoms with Crippen LogP contribution in [-0.4, -0.2) is 56.6 Å². The van der Waals surface area contributed by atoms with Gasteiger partial charge in [0.05, 0.1) is 24.7 Å². The van der Waals surface area contributed by atoms with Crippen LogP contribution in [0.25, 0.3) is 0 Å². The number of fused-ring (bicyclic) bond motifs is 1. The number of hydrogen-bond donors (Lipinski definition) is 2. The Morgan fingerprint density at radius 3 is 2.62 bits per heavy atom. The molecule has 2 aliphatic heterocycles. The van der Waals surface area contributed by atoms with Gasteiger partial charge in [0.15, 0.2) is 0 Å². The molecule has 5 rings (SSSR count). The minimum Gasteiger partial charge on any atom is -0.376 e. The number of halogens is 1. The Morgan fingerprint density at radius 2 is 1.84 bits per heavy atom. The first-order valence-corrected chi connectivity index (χ1v) is 13.4. The number of nitriles is 1. The highest BCUT2D eigenvalue weighted by molar-refractivity contribution is 4.99. The van der Waals surface area contributed by atoms with Gasteiger partial charge in [0, 0.05) is 32.7 Å². The van der Waals surface area contributed by atoms with Crippen molar-refractivity contribution in [1.29, 1.82) is 5.26 Å². The van der Waals surface area contributed by atoms with Crippen LogP contribution in [0.15, 0.2) is 0 Å². The van der Waals surface area contributed by atoms with Gasteiger partial charge in [-0.3, -0.25) is 5.43 Å². The fourth-order valence-electron chi connectivity index (χ4n) is 8.23. The van der Waals surface area contributed by atoms with E-state index in [1.54, 1.807) is 0 Å². The molecule has 2 heterocycles. The van der Waals surface area contributed by atoms with Gasteiger partial charge in [-0.25, -0.2) is 9.40 Å². The van der Waals surface area contributed by atoms with E-state index >= 15 is 0 Å². The zero-order valence-corrected chi connectivity index (χ0v) is 19.9. The van der Waals surface area contributed by atoms with E-state index < -0.39 is 6.17 Å². The number of nitrogens with one attached hydrogen (secondary N) is 2. The van der Waals surface area contributed by atoms with Gasteiger partial charge in [0.25, 0.3) is 0 Å². The van der Waals surface area contributed by atoms with E-state index in [4.69, 9.17) is 4.74 Å². The van der Waals surface area contributed by atoms with Crippen LogP contribution in [0.4, 0.5) is 4.39 Å². The van der Waals surface area contributed by atoms with Crippen LogP contribution in [0.2, 0.25) is 0 Å². The lowest BCUT2D eigenvalue weighted by atomic mass is 9.58.